The molecular formula is C17H22N2O4. The Labute approximate surface area is 136 Å². The summed E-state index contributed by atoms with van der Waals surface area (Å²) in [5, 5.41) is 11.4. The highest BCUT2D eigenvalue weighted by Gasteiger charge is 2.15. The molecule has 6 heteroatoms. The Morgan fingerprint density at radius 3 is 2.70 bits per heavy atom. The average molecular weight is 318 g/mol. The van der Waals surface area contributed by atoms with Crippen LogP contribution in [-0.4, -0.2) is 24.2 Å². The number of amides is 1. The molecule has 1 aromatic rings. The van der Waals surface area contributed by atoms with Crippen molar-refractivity contribution in [1.29, 1.82) is 5.26 Å². The normalized spacial score (nSPS) is 10.5. The van der Waals surface area contributed by atoms with Crippen LogP contribution in [0.15, 0.2) is 24.3 Å². The Balaban J connectivity index is 2.20. The summed E-state index contributed by atoms with van der Waals surface area (Å²) < 4.78 is 10.2. The van der Waals surface area contributed by atoms with Gasteiger partial charge in [0, 0.05) is 13.0 Å². The number of nitriles is 1. The molecule has 1 N–H and O–H groups in total. The van der Waals surface area contributed by atoms with Gasteiger partial charge >= 0.3 is 12.1 Å². The third kappa shape index (κ3) is 8.47. The predicted molar refractivity (Wildman–Crippen MR) is 84.4 cm³/mol. The number of esters is 1. The van der Waals surface area contributed by atoms with Crippen LogP contribution in [0.1, 0.15) is 44.7 Å². The van der Waals surface area contributed by atoms with Crippen LogP contribution in [0.25, 0.3) is 0 Å². The van der Waals surface area contributed by atoms with Crippen LogP contribution in [0.2, 0.25) is 0 Å². The minimum Gasteiger partial charge on any atom is -0.461 e. The summed E-state index contributed by atoms with van der Waals surface area (Å²) in [6.45, 7) is 5.82. The first-order valence-electron chi connectivity index (χ1n) is 7.41. The van der Waals surface area contributed by atoms with E-state index in [1.54, 1.807) is 45.0 Å². The van der Waals surface area contributed by atoms with Crippen molar-refractivity contribution in [3.8, 4) is 6.07 Å². The molecule has 124 valence electrons. The van der Waals surface area contributed by atoms with Gasteiger partial charge in [0.25, 0.3) is 0 Å². The number of nitrogens with zero attached hydrogens (tertiary/aromatic N) is 1. The molecule has 0 saturated carbocycles. The van der Waals surface area contributed by atoms with E-state index >= 15 is 0 Å². The lowest BCUT2D eigenvalue weighted by Gasteiger charge is -2.19. The largest absolute Gasteiger partial charge is 0.461 e. The third-order valence-corrected chi connectivity index (χ3v) is 2.68. The maximum atomic E-state index is 11.6. The lowest BCUT2D eigenvalue weighted by Crippen LogP contribution is -2.33. The van der Waals surface area contributed by atoms with Crippen molar-refractivity contribution < 1.29 is 19.1 Å². The van der Waals surface area contributed by atoms with Gasteiger partial charge in [-0.1, -0.05) is 12.1 Å². The second-order valence-electron chi connectivity index (χ2n) is 6.01. The molecule has 0 radical (unpaired) electrons. The molecule has 0 atom stereocenters. The standard InChI is InChI=1S/C17H22N2O4/c1-17(2,3)23-16(21)19-9-5-8-15(20)22-12-14-7-4-6-13(10-14)11-18/h4,6-7,10H,5,8-9,12H2,1-3H3,(H,19,21). The topological polar surface area (TPSA) is 88.4 Å². The van der Waals surface area contributed by atoms with E-state index in [-0.39, 0.29) is 19.0 Å². The lowest BCUT2D eigenvalue weighted by atomic mass is 10.1. The lowest BCUT2D eigenvalue weighted by molar-refractivity contribution is -0.145. The number of carbonyl (C=O) groups excluding carboxylic acids is 2. The molecule has 6 nitrogen and oxygen atoms in total. The van der Waals surface area contributed by atoms with Gasteiger partial charge in [-0.25, -0.2) is 4.79 Å². The average Bonchev–Trinajstić information content (AvgIpc) is 2.48. The number of ether oxygens (including phenoxy) is 2. The molecule has 1 aromatic carbocycles. The monoisotopic (exact) mass is 318 g/mol. The van der Waals surface area contributed by atoms with Gasteiger partial charge in [-0.3, -0.25) is 4.79 Å². The molecule has 0 spiro atoms. The quantitative estimate of drug-likeness (QED) is 0.643. The van der Waals surface area contributed by atoms with Crippen molar-refractivity contribution in [2.75, 3.05) is 6.54 Å². The van der Waals surface area contributed by atoms with E-state index in [9.17, 15) is 9.59 Å². The van der Waals surface area contributed by atoms with Crippen LogP contribution in [0.4, 0.5) is 4.79 Å². The summed E-state index contributed by atoms with van der Waals surface area (Å²) >= 11 is 0. The first kappa shape index (κ1) is 18.5. The fraction of sp³-hybridized carbons (Fsp3) is 0.471. The zero-order chi connectivity index (χ0) is 17.3. The number of nitrogens with one attached hydrogen (secondary N) is 1. The second-order valence-corrected chi connectivity index (χ2v) is 6.01. The summed E-state index contributed by atoms with van der Waals surface area (Å²) in [4.78, 5) is 23.0. The number of carbonyl (C=O) groups is 2. The Morgan fingerprint density at radius 1 is 1.30 bits per heavy atom. The first-order valence-corrected chi connectivity index (χ1v) is 7.41. The molecule has 0 bridgehead atoms. The van der Waals surface area contributed by atoms with Crippen molar-refractivity contribution in [3.05, 3.63) is 35.4 Å². The highest BCUT2D eigenvalue weighted by Crippen LogP contribution is 2.07. The maximum Gasteiger partial charge on any atom is 0.407 e. The SMILES string of the molecule is CC(C)(C)OC(=O)NCCCC(=O)OCc1cccc(C#N)c1. The van der Waals surface area contributed by atoms with Gasteiger partial charge in [0.05, 0.1) is 11.6 Å². The van der Waals surface area contributed by atoms with E-state index in [2.05, 4.69) is 5.32 Å². The van der Waals surface area contributed by atoms with Gasteiger partial charge in [-0.05, 0) is 44.9 Å². The molecule has 0 unspecified atom stereocenters. The summed E-state index contributed by atoms with van der Waals surface area (Å²) in [6, 6.07) is 8.93. The van der Waals surface area contributed by atoms with E-state index in [4.69, 9.17) is 14.7 Å². The number of rotatable bonds is 6. The molecular weight excluding hydrogens is 296 g/mol. The smallest absolute Gasteiger partial charge is 0.407 e. The molecule has 0 aliphatic heterocycles. The fourth-order valence-electron chi connectivity index (χ4n) is 1.70. The van der Waals surface area contributed by atoms with Gasteiger partial charge in [0.2, 0.25) is 0 Å². The summed E-state index contributed by atoms with van der Waals surface area (Å²) in [5.41, 5.74) is 0.755. The zero-order valence-corrected chi connectivity index (χ0v) is 13.7. The van der Waals surface area contributed by atoms with E-state index in [0.29, 0.717) is 18.5 Å². The van der Waals surface area contributed by atoms with Gasteiger partial charge in [0.15, 0.2) is 0 Å². The van der Waals surface area contributed by atoms with Crippen molar-refractivity contribution in [2.24, 2.45) is 0 Å². The minimum atomic E-state index is -0.541. The van der Waals surface area contributed by atoms with Crippen molar-refractivity contribution in [2.45, 2.75) is 45.8 Å². The Hall–Kier alpha value is -2.55. The second kappa shape index (κ2) is 8.79. The van der Waals surface area contributed by atoms with Gasteiger partial charge in [-0.15, -0.1) is 0 Å². The summed E-state index contributed by atoms with van der Waals surface area (Å²) in [7, 11) is 0. The Bertz CT molecular complexity index is 585. The highest BCUT2D eigenvalue weighted by molar-refractivity contribution is 5.70. The minimum absolute atomic E-state index is 0.133. The van der Waals surface area contributed by atoms with E-state index < -0.39 is 11.7 Å². The fourth-order valence-corrected chi connectivity index (χ4v) is 1.70. The maximum absolute atomic E-state index is 11.6. The molecule has 0 aliphatic rings. The predicted octanol–water partition coefficient (Wildman–Crippen LogP) is 2.91. The zero-order valence-electron chi connectivity index (χ0n) is 13.7. The molecule has 0 aliphatic carbocycles. The number of hydrogen-bond acceptors (Lipinski definition) is 5. The van der Waals surface area contributed by atoms with E-state index in [0.717, 1.165) is 5.56 Å². The Morgan fingerprint density at radius 2 is 2.04 bits per heavy atom. The van der Waals surface area contributed by atoms with Gasteiger partial charge in [0.1, 0.15) is 12.2 Å². The third-order valence-electron chi connectivity index (χ3n) is 2.68. The van der Waals surface area contributed by atoms with Crippen molar-refractivity contribution >= 4 is 12.1 Å². The number of hydrogen-bond donors (Lipinski definition) is 1. The molecule has 0 fully saturated rings. The Kier molecular flexibility index (Phi) is 7.07. The summed E-state index contributed by atoms with van der Waals surface area (Å²) in [6.07, 6.45) is 0.170. The molecule has 23 heavy (non-hydrogen) atoms. The van der Waals surface area contributed by atoms with Crippen LogP contribution in [0.3, 0.4) is 0 Å². The van der Waals surface area contributed by atoms with E-state index in [1.165, 1.54) is 0 Å². The van der Waals surface area contributed by atoms with Crippen LogP contribution in [-0.2, 0) is 20.9 Å². The molecule has 1 rings (SSSR count). The molecule has 0 heterocycles. The first-order chi connectivity index (χ1) is 10.8. The van der Waals surface area contributed by atoms with Crippen molar-refractivity contribution in [1.82, 2.24) is 5.32 Å². The van der Waals surface area contributed by atoms with Crippen molar-refractivity contribution in [3.63, 3.8) is 0 Å². The molecule has 1 amide bonds. The van der Waals surface area contributed by atoms with Crippen LogP contribution in [0, 0.1) is 11.3 Å². The van der Waals surface area contributed by atoms with Gasteiger partial charge in [-0.2, -0.15) is 5.26 Å². The molecule has 0 saturated heterocycles. The van der Waals surface area contributed by atoms with Crippen LogP contribution >= 0.6 is 0 Å². The highest BCUT2D eigenvalue weighted by atomic mass is 16.6. The number of alkyl carbamates (subject to hydrolysis) is 1. The molecule has 0 aromatic heterocycles. The van der Waals surface area contributed by atoms with E-state index in [1.807, 2.05) is 6.07 Å². The summed E-state index contributed by atoms with van der Waals surface area (Å²) in [5.74, 6) is -0.349. The van der Waals surface area contributed by atoms with Crippen LogP contribution < -0.4 is 5.32 Å². The number of benzene rings is 1. The van der Waals surface area contributed by atoms with Crippen LogP contribution in [0.5, 0.6) is 0 Å². The van der Waals surface area contributed by atoms with Gasteiger partial charge < -0.3 is 14.8 Å².